The quantitative estimate of drug-likeness (QED) is 0.391. The average molecular weight is 339 g/mol. The summed E-state index contributed by atoms with van der Waals surface area (Å²) in [5.41, 5.74) is 6.74. The fourth-order valence-corrected chi connectivity index (χ4v) is 2.58. The molecule has 2 atom stereocenters. The van der Waals surface area contributed by atoms with Crippen molar-refractivity contribution in [1.29, 1.82) is 0 Å². The minimum Gasteiger partial charge on any atom is -1.00 e. The van der Waals surface area contributed by atoms with E-state index >= 15 is 0 Å². The van der Waals surface area contributed by atoms with E-state index in [0.717, 1.165) is 0 Å². The zero-order chi connectivity index (χ0) is 15.0. The summed E-state index contributed by atoms with van der Waals surface area (Å²) < 4.78 is 23.2. The molecule has 10 nitrogen and oxygen atoms in total. The number of nitrogen functional groups attached to an aromatic ring is 1. The maximum atomic E-state index is 10.8. The van der Waals surface area contributed by atoms with Crippen LogP contribution in [-0.2, 0) is 14.0 Å². The number of imidazole rings is 1. The Morgan fingerprint density at radius 3 is 3.00 bits per heavy atom. The zero-order valence-corrected chi connectivity index (χ0v) is 14.8. The minimum atomic E-state index is -4.18. The Morgan fingerprint density at radius 1 is 1.50 bits per heavy atom. The summed E-state index contributed by atoms with van der Waals surface area (Å²) in [6.45, 7) is 0.241. The van der Waals surface area contributed by atoms with Crippen LogP contribution in [0.4, 0.5) is 5.82 Å². The number of anilines is 1. The van der Waals surface area contributed by atoms with Crippen LogP contribution in [0.3, 0.4) is 0 Å². The summed E-state index contributed by atoms with van der Waals surface area (Å²) in [6, 6.07) is 0. The Bertz CT molecular complexity index is 712. The van der Waals surface area contributed by atoms with Crippen molar-refractivity contribution >= 4 is 24.6 Å². The minimum absolute atomic E-state index is 0. The number of ether oxygens (including phenoxy) is 2. The molecule has 0 saturated carbocycles. The molecule has 3 rings (SSSR count). The molecular weight excluding hydrogens is 324 g/mol. The third-order valence-corrected chi connectivity index (χ3v) is 3.60. The maximum Gasteiger partial charge on any atom is 1.00 e. The normalized spacial score (nSPS) is 21.9. The van der Waals surface area contributed by atoms with Crippen molar-refractivity contribution < 1.29 is 54.8 Å². The first-order valence-corrected chi connectivity index (χ1v) is 7.94. The summed E-state index contributed by atoms with van der Waals surface area (Å²) in [7, 11) is -4.18. The van der Waals surface area contributed by atoms with Gasteiger partial charge in [-0.3, -0.25) is 9.13 Å². The third-order valence-electron chi connectivity index (χ3n) is 3.11. The fraction of sp³-hybridized carbons (Fsp3) is 0.500. The number of hydrogen-bond donors (Lipinski definition) is 3. The van der Waals surface area contributed by atoms with Crippen molar-refractivity contribution in [2.45, 2.75) is 18.8 Å². The van der Waals surface area contributed by atoms with Crippen LogP contribution in [-0.4, -0.2) is 48.4 Å². The topological polar surface area (TPSA) is 146 Å². The van der Waals surface area contributed by atoms with E-state index in [4.69, 9.17) is 25.0 Å². The number of aromatic nitrogens is 4. The number of rotatable bonds is 4. The molecule has 0 spiro atoms. The van der Waals surface area contributed by atoms with Gasteiger partial charge in [-0.2, -0.15) is 0 Å². The molecule has 1 fully saturated rings. The molecule has 0 radical (unpaired) electrons. The van der Waals surface area contributed by atoms with E-state index < -0.39 is 13.9 Å². The summed E-state index contributed by atoms with van der Waals surface area (Å²) in [6.07, 6.45) is 1.95. The average Bonchev–Trinajstić information content (AvgIpc) is 3.02. The Kier molecular flexibility index (Phi) is 5.57. The van der Waals surface area contributed by atoms with Crippen molar-refractivity contribution in [3.63, 3.8) is 0 Å². The SMILES string of the molecule is Nc1ncnc2c1ncn2C1CC(OCP(=O)(O)O)CO1.[H-].[Na+]. The number of hydrogen-bond acceptors (Lipinski definition) is 7. The van der Waals surface area contributed by atoms with Gasteiger partial charge in [-0.25, -0.2) is 15.0 Å². The van der Waals surface area contributed by atoms with Gasteiger partial charge in [0.1, 0.15) is 24.4 Å². The third kappa shape index (κ3) is 3.84. The van der Waals surface area contributed by atoms with E-state index in [1.807, 2.05) is 0 Å². The number of nitrogens with zero attached hydrogens (tertiary/aromatic N) is 4. The van der Waals surface area contributed by atoms with Gasteiger partial charge >= 0.3 is 37.2 Å². The van der Waals surface area contributed by atoms with Gasteiger partial charge in [0.15, 0.2) is 11.5 Å². The number of fused-ring (bicyclic) bond motifs is 1. The van der Waals surface area contributed by atoms with Crippen LogP contribution in [0.25, 0.3) is 11.2 Å². The van der Waals surface area contributed by atoms with Crippen LogP contribution in [0.5, 0.6) is 0 Å². The van der Waals surface area contributed by atoms with Crippen molar-refractivity contribution in [3.05, 3.63) is 12.7 Å². The van der Waals surface area contributed by atoms with Crippen LogP contribution in [0.15, 0.2) is 12.7 Å². The molecule has 12 heteroatoms. The Labute approximate surface area is 149 Å². The summed E-state index contributed by atoms with van der Waals surface area (Å²) >= 11 is 0. The Morgan fingerprint density at radius 2 is 2.27 bits per heavy atom. The van der Waals surface area contributed by atoms with Crippen LogP contribution in [0, 0.1) is 0 Å². The second-order valence-electron chi connectivity index (χ2n) is 4.69. The van der Waals surface area contributed by atoms with Gasteiger partial charge in [0.05, 0.1) is 19.0 Å². The van der Waals surface area contributed by atoms with E-state index in [1.54, 1.807) is 10.9 Å². The van der Waals surface area contributed by atoms with E-state index in [9.17, 15) is 4.57 Å². The summed E-state index contributed by atoms with van der Waals surface area (Å²) in [5.74, 6) is 0.283. The van der Waals surface area contributed by atoms with Gasteiger partial charge in [0, 0.05) is 6.42 Å². The first-order valence-electron chi connectivity index (χ1n) is 6.15. The van der Waals surface area contributed by atoms with Crippen molar-refractivity contribution in [1.82, 2.24) is 19.5 Å². The second kappa shape index (κ2) is 6.90. The summed E-state index contributed by atoms with van der Waals surface area (Å²) in [5, 5.41) is 0. The standard InChI is InChI=1S/C10H14N5O5P.Na.H/c11-9-8-10(13-3-12-9)15(4-14-8)7-1-6(2-19-7)20-5-21(16,17)18;;/h3-4,6-7H,1-2,5H2,(H2,11,12,13)(H2,16,17,18);;/q;+1;-1. The molecule has 0 aliphatic carbocycles. The molecule has 0 aromatic carbocycles. The van der Waals surface area contributed by atoms with Crippen LogP contribution >= 0.6 is 7.60 Å². The van der Waals surface area contributed by atoms with Crippen molar-refractivity contribution in [3.8, 4) is 0 Å². The van der Waals surface area contributed by atoms with Gasteiger partial charge in [0.2, 0.25) is 0 Å². The van der Waals surface area contributed by atoms with Gasteiger partial charge in [-0.1, -0.05) is 0 Å². The summed E-state index contributed by atoms with van der Waals surface area (Å²) in [4.78, 5) is 29.7. The molecule has 4 N–H and O–H groups in total. The van der Waals surface area contributed by atoms with Gasteiger partial charge in [-0.15, -0.1) is 0 Å². The second-order valence-corrected chi connectivity index (χ2v) is 6.28. The molecule has 116 valence electrons. The van der Waals surface area contributed by atoms with E-state index in [2.05, 4.69) is 15.0 Å². The maximum absolute atomic E-state index is 10.8. The van der Waals surface area contributed by atoms with Crippen LogP contribution in [0.1, 0.15) is 14.1 Å². The Balaban J connectivity index is 0.00000132. The molecule has 1 aliphatic heterocycles. The molecule has 2 unspecified atom stereocenters. The van der Waals surface area contributed by atoms with Crippen molar-refractivity contribution in [2.75, 3.05) is 18.7 Å². The molecule has 3 heterocycles. The molecule has 0 bridgehead atoms. The van der Waals surface area contributed by atoms with Crippen molar-refractivity contribution in [2.24, 2.45) is 0 Å². The van der Waals surface area contributed by atoms with E-state index in [-0.39, 0.29) is 55.7 Å². The zero-order valence-electron chi connectivity index (χ0n) is 12.9. The van der Waals surface area contributed by atoms with E-state index in [1.165, 1.54) is 6.33 Å². The smallest absolute Gasteiger partial charge is 1.00 e. The van der Waals surface area contributed by atoms with Gasteiger partial charge in [-0.05, 0) is 0 Å². The van der Waals surface area contributed by atoms with Crippen LogP contribution < -0.4 is 35.3 Å². The number of nitrogens with two attached hydrogens (primary N) is 1. The predicted octanol–water partition coefficient (Wildman–Crippen LogP) is -3.04. The molecule has 0 amide bonds. The molecule has 1 saturated heterocycles. The van der Waals surface area contributed by atoms with E-state index in [0.29, 0.717) is 17.6 Å². The molecule has 1 aliphatic rings. The first kappa shape index (κ1) is 17.8. The fourth-order valence-electron chi connectivity index (χ4n) is 2.17. The molecular formula is C10H15N5NaO5P. The monoisotopic (exact) mass is 339 g/mol. The van der Waals surface area contributed by atoms with Crippen LogP contribution in [0.2, 0.25) is 0 Å². The van der Waals surface area contributed by atoms with Gasteiger partial charge < -0.3 is 26.4 Å². The molecule has 2 aromatic rings. The predicted molar refractivity (Wildman–Crippen MR) is 72.2 cm³/mol. The molecule has 2 aromatic heterocycles. The molecule has 22 heavy (non-hydrogen) atoms. The Hall–Kier alpha value is -0.580. The largest absolute Gasteiger partial charge is 1.00 e. The van der Waals surface area contributed by atoms with Gasteiger partial charge in [0.25, 0.3) is 0 Å². The first-order chi connectivity index (χ1) is 9.94.